The lowest BCUT2D eigenvalue weighted by molar-refractivity contribution is 0.0696. The summed E-state index contributed by atoms with van der Waals surface area (Å²) in [6.07, 6.45) is 1.38. The third-order valence-corrected chi connectivity index (χ3v) is 4.26. The van der Waals surface area contributed by atoms with Crippen LogP contribution in [-0.4, -0.2) is 54.7 Å². The van der Waals surface area contributed by atoms with Crippen LogP contribution in [0.4, 0.5) is 0 Å². The SMILES string of the molecule is Cc1cc(=O)c(C(=O)N2CCN(S(N)(=O)=O)CC2)c[nH]1. The number of H-pyrrole nitrogens is 1. The number of carbonyl (C=O) groups excluding carboxylic acids is 1. The molecule has 20 heavy (non-hydrogen) atoms. The monoisotopic (exact) mass is 300 g/mol. The fourth-order valence-corrected chi connectivity index (χ4v) is 2.73. The molecule has 0 aliphatic carbocycles. The lowest BCUT2D eigenvalue weighted by Gasteiger charge is -2.32. The molecule has 1 aromatic rings. The number of aryl methyl sites for hydroxylation is 1. The molecule has 9 heteroatoms. The van der Waals surface area contributed by atoms with Gasteiger partial charge >= 0.3 is 0 Å². The Morgan fingerprint density at radius 2 is 1.90 bits per heavy atom. The highest BCUT2D eigenvalue weighted by Crippen LogP contribution is 2.07. The molecule has 0 bridgehead atoms. The molecule has 1 aliphatic heterocycles. The zero-order chi connectivity index (χ0) is 14.9. The first kappa shape index (κ1) is 14.7. The predicted molar refractivity (Wildman–Crippen MR) is 72.4 cm³/mol. The molecule has 1 fully saturated rings. The molecule has 0 saturated carbocycles. The van der Waals surface area contributed by atoms with Gasteiger partial charge in [-0.15, -0.1) is 0 Å². The zero-order valence-corrected chi connectivity index (χ0v) is 11.8. The first-order valence-corrected chi connectivity index (χ1v) is 7.56. The summed E-state index contributed by atoms with van der Waals surface area (Å²) in [7, 11) is -3.73. The molecule has 110 valence electrons. The first-order chi connectivity index (χ1) is 9.29. The second kappa shape index (κ2) is 5.35. The van der Waals surface area contributed by atoms with Crippen molar-refractivity contribution in [1.82, 2.24) is 14.2 Å². The van der Waals surface area contributed by atoms with Crippen molar-refractivity contribution >= 4 is 16.1 Å². The Hall–Kier alpha value is -1.71. The van der Waals surface area contributed by atoms with Gasteiger partial charge in [0.05, 0.1) is 0 Å². The van der Waals surface area contributed by atoms with Crippen molar-refractivity contribution in [2.45, 2.75) is 6.92 Å². The molecule has 1 amide bonds. The van der Waals surface area contributed by atoms with E-state index < -0.39 is 16.1 Å². The van der Waals surface area contributed by atoms with Gasteiger partial charge in [-0.2, -0.15) is 12.7 Å². The smallest absolute Gasteiger partial charge is 0.277 e. The Kier molecular flexibility index (Phi) is 3.93. The number of pyridine rings is 1. The maximum absolute atomic E-state index is 12.2. The fraction of sp³-hybridized carbons (Fsp3) is 0.455. The van der Waals surface area contributed by atoms with Crippen molar-refractivity contribution in [3.05, 3.63) is 33.7 Å². The summed E-state index contributed by atoms with van der Waals surface area (Å²) in [5.41, 5.74) is 0.380. The normalized spacial score (nSPS) is 17.2. The Balaban J connectivity index is 2.11. The molecule has 0 spiro atoms. The second-order valence-electron chi connectivity index (χ2n) is 4.63. The van der Waals surface area contributed by atoms with Crippen molar-refractivity contribution in [1.29, 1.82) is 0 Å². The number of nitrogens with two attached hydrogens (primary N) is 1. The van der Waals surface area contributed by atoms with E-state index in [9.17, 15) is 18.0 Å². The van der Waals surface area contributed by atoms with Crippen LogP contribution < -0.4 is 10.6 Å². The lowest BCUT2D eigenvalue weighted by Crippen LogP contribution is -2.52. The number of carbonyl (C=O) groups is 1. The maximum atomic E-state index is 12.2. The van der Waals surface area contributed by atoms with E-state index in [1.807, 2.05) is 0 Å². The van der Waals surface area contributed by atoms with Crippen LogP contribution in [0.15, 0.2) is 17.1 Å². The van der Waals surface area contributed by atoms with Gasteiger partial charge < -0.3 is 9.88 Å². The predicted octanol–water partition coefficient (Wildman–Crippen LogP) is -1.36. The first-order valence-electron chi connectivity index (χ1n) is 6.05. The molecule has 0 aromatic carbocycles. The Bertz CT molecular complexity index is 674. The average molecular weight is 300 g/mol. The highest BCUT2D eigenvalue weighted by atomic mass is 32.2. The van der Waals surface area contributed by atoms with Gasteiger partial charge in [0, 0.05) is 44.1 Å². The lowest BCUT2D eigenvalue weighted by atomic mass is 10.2. The van der Waals surface area contributed by atoms with E-state index in [4.69, 9.17) is 5.14 Å². The van der Waals surface area contributed by atoms with Gasteiger partial charge in [0.1, 0.15) is 5.56 Å². The third-order valence-electron chi connectivity index (χ3n) is 3.17. The molecule has 1 saturated heterocycles. The minimum Gasteiger partial charge on any atom is -0.364 e. The van der Waals surface area contributed by atoms with E-state index in [2.05, 4.69) is 4.98 Å². The van der Waals surface area contributed by atoms with Crippen LogP contribution in [-0.2, 0) is 10.2 Å². The quantitative estimate of drug-likeness (QED) is 0.702. The summed E-state index contributed by atoms with van der Waals surface area (Å²) in [4.78, 5) is 28.2. The van der Waals surface area contributed by atoms with Crippen molar-refractivity contribution in [2.75, 3.05) is 26.2 Å². The molecular weight excluding hydrogens is 284 g/mol. The number of aromatic nitrogens is 1. The Morgan fingerprint density at radius 1 is 1.30 bits per heavy atom. The number of piperazine rings is 1. The molecule has 1 aromatic heterocycles. The minimum absolute atomic E-state index is 0.0552. The van der Waals surface area contributed by atoms with Crippen molar-refractivity contribution < 1.29 is 13.2 Å². The molecule has 3 N–H and O–H groups in total. The molecule has 8 nitrogen and oxygen atoms in total. The number of nitrogens with one attached hydrogen (secondary N) is 1. The van der Waals surface area contributed by atoms with Gasteiger partial charge in [-0.05, 0) is 6.92 Å². The highest BCUT2D eigenvalue weighted by molar-refractivity contribution is 7.86. The van der Waals surface area contributed by atoms with E-state index >= 15 is 0 Å². The van der Waals surface area contributed by atoms with Gasteiger partial charge in [-0.3, -0.25) is 9.59 Å². The minimum atomic E-state index is -3.73. The van der Waals surface area contributed by atoms with E-state index in [0.717, 1.165) is 4.31 Å². The maximum Gasteiger partial charge on any atom is 0.277 e. The standard InChI is InChI=1S/C11H16N4O4S/c1-8-6-10(16)9(7-13-8)11(17)14-2-4-15(5-3-14)20(12,18)19/h6-7H,2-5H2,1H3,(H,13,16)(H2,12,18,19). The van der Waals surface area contributed by atoms with Crippen LogP contribution in [0.3, 0.4) is 0 Å². The number of rotatable bonds is 2. The number of amides is 1. The van der Waals surface area contributed by atoms with Crippen LogP contribution in [0.25, 0.3) is 0 Å². The largest absolute Gasteiger partial charge is 0.364 e. The highest BCUT2D eigenvalue weighted by Gasteiger charge is 2.27. The van der Waals surface area contributed by atoms with Crippen molar-refractivity contribution in [2.24, 2.45) is 5.14 Å². The third kappa shape index (κ3) is 3.06. The molecule has 0 unspecified atom stereocenters. The molecule has 0 atom stereocenters. The number of hydrogen-bond donors (Lipinski definition) is 2. The van der Waals surface area contributed by atoms with E-state index in [1.165, 1.54) is 17.2 Å². The van der Waals surface area contributed by atoms with E-state index in [-0.39, 0.29) is 37.2 Å². The van der Waals surface area contributed by atoms with Crippen LogP contribution in [0.2, 0.25) is 0 Å². The second-order valence-corrected chi connectivity index (χ2v) is 6.18. The Morgan fingerprint density at radius 3 is 2.40 bits per heavy atom. The van der Waals surface area contributed by atoms with Crippen molar-refractivity contribution in [3.8, 4) is 0 Å². The van der Waals surface area contributed by atoms with Gasteiger partial charge in [-0.25, -0.2) is 5.14 Å². The summed E-state index contributed by atoms with van der Waals surface area (Å²) < 4.78 is 23.4. The summed E-state index contributed by atoms with van der Waals surface area (Å²) in [6, 6.07) is 1.35. The number of aromatic amines is 1. The Labute approximate surface area is 116 Å². The molecular formula is C11H16N4O4S. The van der Waals surface area contributed by atoms with Crippen LogP contribution >= 0.6 is 0 Å². The summed E-state index contributed by atoms with van der Waals surface area (Å²) in [5, 5.41) is 5.02. The van der Waals surface area contributed by atoms with Gasteiger partial charge in [-0.1, -0.05) is 0 Å². The molecule has 0 radical (unpaired) electrons. The average Bonchev–Trinajstić information content (AvgIpc) is 2.37. The van der Waals surface area contributed by atoms with Crippen LogP contribution in [0.1, 0.15) is 16.1 Å². The number of hydrogen-bond acceptors (Lipinski definition) is 4. The molecule has 2 rings (SSSR count). The van der Waals surface area contributed by atoms with Gasteiger partial charge in [0.15, 0.2) is 5.43 Å². The van der Waals surface area contributed by atoms with Crippen molar-refractivity contribution in [3.63, 3.8) is 0 Å². The molecule has 1 aliphatic rings. The van der Waals surface area contributed by atoms with E-state index in [0.29, 0.717) is 5.69 Å². The van der Waals surface area contributed by atoms with Gasteiger partial charge in [0.2, 0.25) is 0 Å². The fourth-order valence-electron chi connectivity index (χ4n) is 2.06. The number of nitrogens with zero attached hydrogens (tertiary/aromatic N) is 2. The van der Waals surface area contributed by atoms with E-state index in [1.54, 1.807) is 6.92 Å². The van der Waals surface area contributed by atoms with Crippen LogP contribution in [0, 0.1) is 6.92 Å². The summed E-state index contributed by atoms with van der Waals surface area (Å²) >= 11 is 0. The van der Waals surface area contributed by atoms with Gasteiger partial charge in [0.25, 0.3) is 16.1 Å². The summed E-state index contributed by atoms with van der Waals surface area (Å²) in [5.74, 6) is -0.402. The molecule has 2 heterocycles. The zero-order valence-electron chi connectivity index (χ0n) is 11.0. The topological polar surface area (TPSA) is 117 Å². The van der Waals surface area contributed by atoms with Crippen LogP contribution in [0.5, 0.6) is 0 Å². The summed E-state index contributed by atoms with van der Waals surface area (Å²) in [6.45, 7) is 2.41.